The summed E-state index contributed by atoms with van der Waals surface area (Å²) in [5, 5.41) is 15.7. The molecule has 0 fully saturated rings. The summed E-state index contributed by atoms with van der Waals surface area (Å²) in [5.41, 5.74) is 1.91. The van der Waals surface area contributed by atoms with Gasteiger partial charge in [0.15, 0.2) is 0 Å². The molecule has 2 amide bonds. The van der Waals surface area contributed by atoms with Crippen molar-refractivity contribution in [1.29, 1.82) is 5.26 Å². The summed E-state index contributed by atoms with van der Waals surface area (Å²) < 4.78 is 10.6. The molecule has 0 bridgehead atoms. The summed E-state index contributed by atoms with van der Waals surface area (Å²) in [6.07, 6.45) is 0.178. The lowest BCUT2D eigenvalue weighted by Crippen LogP contribution is -2.31. The summed E-state index contributed by atoms with van der Waals surface area (Å²) in [6.45, 7) is 2.47. The van der Waals surface area contributed by atoms with Gasteiger partial charge in [-0.15, -0.1) is 0 Å². The molecule has 31 heavy (non-hydrogen) atoms. The van der Waals surface area contributed by atoms with E-state index in [2.05, 4.69) is 16.7 Å². The molecule has 0 saturated carbocycles. The molecule has 160 valence electrons. The summed E-state index contributed by atoms with van der Waals surface area (Å²) in [5.74, 6) is 0.622. The topological polar surface area (TPSA) is 100 Å². The molecule has 1 aliphatic rings. The predicted molar refractivity (Wildman–Crippen MR) is 120 cm³/mol. The minimum atomic E-state index is -0.363. The second-order valence-corrected chi connectivity index (χ2v) is 7.72. The van der Waals surface area contributed by atoms with Crippen molar-refractivity contribution >= 4 is 29.3 Å². The lowest BCUT2D eigenvalue weighted by molar-refractivity contribution is -0.121. The molecule has 8 heteroatoms. The zero-order valence-electron chi connectivity index (χ0n) is 17.3. The average molecular weight is 438 g/mol. The lowest BCUT2D eigenvalue weighted by atomic mass is 9.87. The third-order valence-electron chi connectivity index (χ3n) is 4.65. The Morgan fingerprint density at radius 3 is 2.71 bits per heavy atom. The maximum absolute atomic E-state index is 12.4. The van der Waals surface area contributed by atoms with Crippen LogP contribution in [0.5, 0.6) is 11.5 Å². The number of benzene rings is 2. The second kappa shape index (κ2) is 10.5. The third kappa shape index (κ3) is 5.80. The summed E-state index contributed by atoms with van der Waals surface area (Å²) >= 11 is 1.14. The molecule has 0 aromatic heterocycles. The van der Waals surface area contributed by atoms with Crippen molar-refractivity contribution in [2.45, 2.75) is 19.3 Å². The average Bonchev–Trinajstić information content (AvgIpc) is 2.78. The van der Waals surface area contributed by atoms with Gasteiger partial charge >= 0.3 is 0 Å². The van der Waals surface area contributed by atoms with E-state index in [1.165, 1.54) is 0 Å². The molecule has 2 aromatic rings. The van der Waals surface area contributed by atoms with Gasteiger partial charge in [-0.05, 0) is 36.8 Å². The van der Waals surface area contributed by atoms with E-state index >= 15 is 0 Å². The largest absolute Gasteiger partial charge is 0.497 e. The Hall–Kier alpha value is -3.44. The minimum absolute atomic E-state index is 0.0496. The Morgan fingerprint density at radius 1 is 1.26 bits per heavy atom. The van der Waals surface area contributed by atoms with Crippen molar-refractivity contribution in [3.8, 4) is 17.6 Å². The van der Waals surface area contributed by atoms with Crippen LogP contribution in [0, 0.1) is 11.3 Å². The van der Waals surface area contributed by atoms with Crippen LogP contribution in [0.15, 0.2) is 59.1 Å². The molecule has 2 N–H and O–H groups in total. The van der Waals surface area contributed by atoms with Gasteiger partial charge in [0.25, 0.3) is 0 Å². The van der Waals surface area contributed by atoms with Crippen LogP contribution in [0.3, 0.4) is 0 Å². The number of hydrogen-bond donors (Lipinski definition) is 2. The first-order chi connectivity index (χ1) is 15.0. The standard InChI is InChI=1S/C23H23N3O4S/c1-3-30-17-9-7-15(8-10-17)19-12-21(27)26-23(20(19)13-24)31-14-22(28)25-16-5-4-6-18(11-16)29-2/h4-11,19H,3,12,14H2,1-2H3,(H,25,28)(H,26,27)/t19-/m1/s1. The summed E-state index contributed by atoms with van der Waals surface area (Å²) in [6, 6.07) is 16.6. The number of nitriles is 1. The van der Waals surface area contributed by atoms with Crippen LogP contribution in [0.25, 0.3) is 0 Å². The van der Waals surface area contributed by atoms with Gasteiger partial charge in [0.2, 0.25) is 11.8 Å². The minimum Gasteiger partial charge on any atom is -0.497 e. The highest BCUT2D eigenvalue weighted by atomic mass is 32.2. The Labute approximate surface area is 185 Å². The Morgan fingerprint density at radius 2 is 2.03 bits per heavy atom. The van der Waals surface area contributed by atoms with Crippen molar-refractivity contribution in [2.24, 2.45) is 0 Å². The zero-order valence-corrected chi connectivity index (χ0v) is 18.1. The molecule has 0 unspecified atom stereocenters. The first-order valence-corrected chi connectivity index (χ1v) is 10.8. The van der Waals surface area contributed by atoms with Crippen LogP contribution in [0.1, 0.15) is 24.8 Å². The highest BCUT2D eigenvalue weighted by molar-refractivity contribution is 8.03. The van der Waals surface area contributed by atoms with Crippen molar-refractivity contribution in [3.63, 3.8) is 0 Å². The highest BCUT2D eigenvalue weighted by Gasteiger charge is 2.29. The van der Waals surface area contributed by atoms with Crippen LogP contribution in [-0.2, 0) is 9.59 Å². The number of nitrogens with one attached hydrogen (secondary N) is 2. The van der Waals surface area contributed by atoms with E-state index in [1.54, 1.807) is 31.4 Å². The number of methoxy groups -OCH3 is 1. The summed E-state index contributed by atoms with van der Waals surface area (Å²) in [4.78, 5) is 24.7. The van der Waals surface area contributed by atoms with E-state index in [9.17, 15) is 14.9 Å². The number of rotatable bonds is 8. The monoisotopic (exact) mass is 437 g/mol. The van der Waals surface area contributed by atoms with E-state index in [-0.39, 0.29) is 29.9 Å². The van der Waals surface area contributed by atoms with Gasteiger partial charge in [-0.1, -0.05) is 30.0 Å². The van der Waals surface area contributed by atoms with Gasteiger partial charge in [0.1, 0.15) is 11.5 Å². The molecule has 0 saturated heterocycles. The molecule has 7 nitrogen and oxygen atoms in total. The Kier molecular flexibility index (Phi) is 7.57. The number of nitrogens with zero attached hydrogens (tertiary/aromatic N) is 1. The molecule has 3 rings (SSSR count). The molecule has 0 aliphatic carbocycles. The molecular formula is C23H23N3O4S. The molecule has 0 radical (unpaired) electrons. The van der Waals surface area contributed by atoms with Crippen molar-refractivity contribution in [2.75, 3.05) is 24.8 Å². The molecule has 1 atom stereocenters. The number of hydrogen-bond acceptors (Lipinski definition) is 6. The highest BCUT2D eigenvalue weighted by Crippen LogP contribution is 2.36. The Balaban J connectivity index is 1.72. The van der Waals surface area contributed by atoms with Crippen LogP contribution in [0.2, 0.25) is 0 Å². The molecule has 1 heterocycles. The normalized spacial score (nSPS) is 15.6. The number of ether oxygens (including phenoxy) is 2. The van der Waals surface area contributed by atoms with E-state index in [0.29, 0.717) is 28.6 Å². The fraction of sp³-hybridized carbons (Fsp3) is 0.261. The van der Waals surface area contributed by atoms with E-state index in [1.807, 2.05) is 31.2 Å². The Bertz CT molecular complexity index is 1030. The number of amides is 2. The van der Waals surface area contributed by atoms with E-state index in [0.717, 1.165) is 23.1 Å². The van der Waals surface area contributed by atoms with E-state index in [4.69, 9.17) is 9.47 Å². The maximum Gasteiger partial charge on any atom is 0.234 e. The predicted octanol–water partition coefficient (Wildman–Crippen LogP) is 3.80. The van der Waals surface area contributed by atoms with Gasteiger partial charge in [0.05, 0.1) is 36.1 Å². The van der Waals surface area contributed by atoms with Gasteiger partial charge in [-0.2, -0.15) is 5.26 Å². The summed E-state index contributed by atoms with van der Waals surface area (Å²) in [7, 11) is 1.55. The van der Waals surface area contributed by atoms with Crippen molar-refractivity contribution < 1.29 is 19.1 Å². The fourth-order valence-electron chi connectivity index (χ4n) is 3.22. The third-order valence-corrected chi connectivity index (χ3v) is 5.67. The first kappa shape index (κ1) is 22.2. The van der Waals surface area contributed by atoms with Crippen LogP contribution in [0.4, 0.5) is 5.69 Å². The second-order valence-electron chi connectivity index (χ2n) is 6.73. The number of anilines is 1. The quantitative estimate of drug-likeness (QED) is 0.651. The molecular weight excluding hydrogens is 414 g/mol. The number of carbonyl (C=O) groups is 2. The molecule has 2 aromatic carbocycles. The number of thioether (sulfide) groups is 1. The van der Waals surface area contributed by atoms with Gasteiger partial charge in [-0.25, -0.2) is 0 Å². The number of allylic oxidation sites excluding steroid dienone is 1. The van der Waals surface area contributed by atoms with Crippen LogP contribution in [-0.4, -0.2) is 31.3 Å². The maximum atomic E-state index is 12.4. The fourth-order valence-corrected chi connectivity index (χ4v) is 4.09. The molecule has 0 spiro atoms. The number of carbonyl (C=O) groups excluding carboxylic acids is 2. The zero-order chi connectivity index (χ0) is 22.2. The smallest absolute Gasteiger partial charge is 0.234 e. The lowest BCUT2D eigenvalue weighted by Gasteiger charge is -2.25. The van der Waals surface area contributed by atoms with Crippen LogP contribution >= 0.6 is 11.8 Å². The van der Waals surface area contributed by atoms with E-state index < -0.39 is 0 Å². The van der Waals surface area contributed by atoms with Crippen LogP contribution < -0.4 is 20.1 Å². The van der Waals surface area contributed by atoms with Gasteiger partial charge in [-0.3, -0.25) is 9.59 Å². The molecule has 1 aliphatic heterocycles. The van der Waals surface area contributed by atoms with Gasteiger partial charge < -0.3 is 20.1 Å². The van der Waals surface area contributed by atoms with Crippen molar-refractivity contribution in [1.82, 2.24) is 5.32 Å². The first-order valence-electron chi connectivity index (χ1n) is 9.77. The SMILES string of the molecule is CCOc1ccc([C@H]2CC(=O)NC(SCC(=O)Nc3cccc(OC)c3)=C2C#N)cc1. The van der Waals surface area contributed by atoms with Crippen molar-refractivity contribution in [3.05, 3.63) is 64.7 Å². The van der Waals surface area contributed by atoms with Gasteiger partial charge in [0, 0.05) is 24.1 Å².